The summed E-state index contributed by atoms with van der Waals surface area (Å²) in [4.78, 5) is 8.76. The maximum absolute atomic E-state index is 4.41. The number of aliphatic imine (C=N–C) groups is 2. The molecule has 0 saturated heterocycles. The third kappa shape index (κ3) is 3.36. The van der Waals surface area contributed by atoms with Gasteiger partial charge < -0.3 is 0 Å². The molecule has 1 rings (SSSR count). The number of hydrogen-bond donors (Lipinski definition) is 0. The summed E-state index contributed by atoms with van der Waals surface area (Å²) in [5.74, 6) is 1.60. The molecule has 0 aliphatic carbocycles. The third-order valence-corrected chi connectivity index (χ3v) is 1.77. The predicted octanol–water partition coefficient (Wildman–Crippen LogP) is 2.56. The van der Waals surface area contributed by atoms with E-state index in [0.29, 0.717) is 18.4 Å². The number of nitrogens with zero attached hydrogens (tertiary/aromatic N) is 4. The molecule has 0 fully saturated rings. The zero-order valence-corrected chi connectivity index (χ0v) is 9.31. The summed E-state index contributed by atoms with van der Waals surface area (Å²) < 4.78 is 0. The minimum Gasteiger partial charge on any atom is -0.268 e. The van der Waals surface area contributed by atoms with Gasteiger partial charge in [-0.2, -0.15) is 5.11 Å². The zero-order valence-electron chi connectivity index (χ0n) is 9.31. The van der Waals surface area contributed by atoms with Crippen molar-refractivity contribution in [1.82, 2.24) is 0 Å². The predicted molar refractivity (Wildman–Crippen MR) is 59.1 cm³/mol. The molecule has 0 aromatic rings. The van der Waals surface area contributed by atoms with E-state index in [1.54, 1.807) is 0 Å². The number of amidine groups is 1. The van der Waals surface area contributed by atoms with Crippen LogP contribution in [0.3, 0.4) is 0 Å². The summed E-state index contributed by atoms with van der Waals surface area (Å²) in [6.45, 7) is 8.90. The largest absolute Gasteiger partial charge is 0.268 e. The lowest BCUT2D eigenvalue weighted by molar-refractivity contribution is 0.658. The maximum Gasteiger partial charge on any atom is 0.162 e. The highest BCUT2D eigenvalue weighted by Gasteiger charge is 2.13. The van der Waals surface area contributed by atoms with Crippen LogP contribution in [0.25, 0.3) is 0 Å². The van der Waals surface area contributed by atoms with Gasteiger partial charge in [0.05, 0.1) is 0 Å². The topological polar surface area (TPSA) is 49.4 Å². The van der Waals surface area contributed by atoms with Crippen LogP contribution in [0.15, 0.2) is 20.2 Å². The number of hydrogen-bond acceptors (Lipinski definition) is 4. The molecule has 14 heavy (non-hydrogen) atoms. The second kappa shape index (κ2) is 4.98. The summed E-state index contributed by atoms with van der Waals surface area (Å²) in [7, 11) is 0. The fourth-order valence-electron chi connectivity index (χ4n) is 1.02. The van der Waals surface area contributed by atoms with E-state index in [1.807, 2.05) is 6.21 Å². The Labute approximate surface area is 85.3 Å². The van der Waals surface area contributed by atoms with Crippen molar-refractivity contribution in [1.29, 1.82) is 0 Å². The molecular weight excluding hydrogens is 176 g/mol. The first-order valence-electron chi connectivity index (χ1n) is 5.08. The molecule has 78 valence electrons. The van der Waals surface area contributed by atoms with E-state index in [0.717, 1.165) is 5.84 Å². The van der Waals surface area contributed by atoms with Crippen LogP contribution < -0.4 is 0 Å². The molecule has 0 aromatic heterocycles. The van der Waals surface area contributed by atoms with Crippen LogP contribution in [-0.2, 0) is 0 Å². The second-order valence-electron chi connectivity index (χ2n) is 4.09. The minimum absolute atomic E-state index is 0.0488. The summed E-state index contributed by atoms with van der Waals surface area (Å²) in [5.41, 5.74) is 0. The van der Waals surface area contributed by atoms with Gasteiger partial charge in [0.15, 0.2) is 12.0 Å². The van der Waals surface area contributed by atoms with Crippen LogP contribution in [0.5, 0.6) is 0 Å². The van der Waals surface area contributed by atoms with Crippen LogP contribution in [0.1, 0.15) is 27.7 Å². The first kappa shape index (κ1) is 11.0. The molecular formula is C10H18N4. The quantitative estimate of drug-likeness (QED) is 0.620. The Bertz CT molecular complexity index is 263. The van der Waals surface area contributed by atoms with Gasteiger partial charge in [-0.1, -0.05) is 27.7 Å². The Kier molecular flexibility index (Phi) is 3.92. The van der Waals surface area contributed by atoms with Crippen molar-refractivity contribution in [2.75, 3.05) is 6.54 Å². The van der Waals surface area contributed by atoms with Gasteiger partial charge in [-0.05, 0) is 5.92 Å². The van der Waals surface area contributed by atoms with Gasteiger partial charge in [0.25, 0.3) is 0 Å². The Balaban J connectivity index is 2.62. The molecule has 1 atom stereocenters. The summed E-state index contributed by atoms with van der Waals surface area (Å²) in [6.07, 6.45) is 1.87. The van der Waals surface area contributed by atoms with E-state index in [9.17, 15) is 0 Å². The standard InChI is InChI=1S/C10H18N4/c1-7(2)5-11-9-6-12-14-10(13-9)8(3)4/h5,7-9H,6H2,1-4H3. The Hall–Kier alpha value is -1.06. The smallest absolute Gasteiger partial charge is 0.162 e. The van der Waals surface area contributed by atoms with Crippen molar-refractivity contribution < 1.29 is 0 Å². The Morgan fingerprint density at radius 2 is 2.07 bits per heavy atom. The third-order valence-electron chi connectivity index (χ3n) is 1.77. The highest BCUT2D eigenvalue weighted by molar-refractivity contribution is 5.84. The summed E-state index contributed by atoms with van der Waals surface area (Å²) >= 11 is 0. The van der Waals surface area contributed by atoms with Gasteiger partial charge in [-0.15, -0.1) is 5.11 Å². The van der Waals surface area contributed by atoms with Gasteiger partial charge >= 0.3 is 0 Å². The van der Waals surface area contributed by atoms with E-state index in [1.165, 1.54) is 0 Å². The van der Waals surface area contributed by atoms with Crippen LogP contribution in [0.4, 0.5) is 0 Å². The van der Waals surface area contributed by atoms with E-state index in [-0.39, 0.29) is 6.17 Å². The number of rotatable bonds is 3. The molecule has 4 nitrogen and oxygen atoms in total. The van der Waals surface area contributed by atoms with Crippen molar-refractivity contribution >= 4 is 12.1 Å². The van der Waals surface area contributed by atoms with Gasteiger partial charge in [-0.3, -0.25) is 4.99 Å². The molecule has 0 aromatic carbocycles. The SMILES string of the molecule is CC(C)C=NC1CN=NC(C(C)C)=N1. The number of azo groups is 1. The van der Waals surface area contributed by atoms with Crippen molar-refractivity contribution in [2.45, 2.75) is 33.9 Å². The summed E-state index contributed by atoms with van der Waals surface area (Å²) in [6, 6.07) is 0. The van der Waals surface area contributed by atoms with Gasteiger partial charge in [0, 0.05) is 12.1 Å². The molecule has 1 heterocycles. The maximum atomic E-state index is 4.41. The molecule has 0 amide bonds. The molecule has 1 aliphatic rings. The molecule has 0 bridgehead atoms. The molecule has 1 aliphatic heterocycles. The molecule has 0 saturated carbocycles. The summed E-state index contributed by atoms with van der Waals surface area (Å²) in [5, 5.41) is 8.03. The minimum atomic E-state index is -0.0488. The second-order valence-corrected chi connectivity index (χ2v) is 4.09. The van der Waals surface area contributed by atoms with Crippen LogP contribution in [0.2, 0.25) is 0 Å². The lowest BCUT2D eigenvalue weighted by atomic mass is 10.2. The lowest BCUT2D eigenvalue weighted by Crippen LogP contribution is -2.17. The fraction of sp³-hybridized carbons (Fsp3) is 0.800. The monoisotopic (exact) mass is 194 g/mol. The van der Waals surface area contributed by atoms with Crippen LogP contribution >= 0.6 is 0 Å². The van der Waals surface area contributed by atoms with Crippen LogP contribution in [-0.4, -0.2) is 24.8 Å². The van der Waals surface area contributed by atoms with Crippen molar-refractivity contribution in [3.05, 3.63) is 0 Å². The van der Waals surface area contributed by atoms with E-state index < -0.39 is 0 Å². The zero-order chi connectivity index (χ0) is 10.6. The molecule has 1 unspecified atom stereocenters. The lowest BCUT2D eigenvalue weighted by Gasteiger charge is -2.12. The highest BCUT2D eigenvalue weighted by atomic mass is 15.2. The van der Waals surface area contributed by atoms with E-state index in [2.05, 4.69) is 47.9 Å². The molecule has 0 spiro atoms. The van der Waals surface area contributed by atoms with Crippen molar-refractivity contribution in [3.63, 3.8) is 0 Å². The van der Waals surface area contributed by atoms with Gasteiger partial charge in [0.1, 0.15) is 6.54 Å². The van der Waals surface area contributed by atoms with Crippen molar-refractivity contribution in [2.24, 2.45) is 32.0 Å². The van der Waals surface area contributed by atoms with E-state index >= 15 is 0 Å². The Morgan fingerprint density at radius 3 is 2.64 bits per heavy atom. The van der Waals surface area contributed by atoms with Crippen LogP contribution in [0, 0.1) is 11.8 Å². The average molecular weight is 194 g/mol. The first-order valence-corrected chi connectivity index (χ1v) is 5.08. The molecule has 0 N–H and O–H groups in total. The highest BCUT2D eigenvalue weighted by Crippen LogP contribution is 2.09. The van der Waals surface area contributed by atoms with E-state index in [4.69, 9.17) is 0 Å². The first-order chi connectivity index (χ1) is 6.59. The fourth-order valence-corrected chi connectivity index (χ4v) is 1.02. The Morgan fingerprint density at radius 1 is 1.36 bits per heavy atom. The van der Waals surface area contributed by atoms with Gasteiger partial charge in [0.2, 0.25) is 0 Å². The van der Waals surface area contributed by atoms with Crippen molar-refractivity contribution in [3.8, 4) is 0 Å². The molecule has 0 radical (unpaired) electrons. The normalized spacial score (nSPS) is 22.4. The molecule has 4 heteroatoms. The average Bonchev–Trinajstić information content (AvgIpc) is 2.15. The van der Waals surface area contributed by atoms with Gasteiger partial charge in [-0.25, -0.2) is 4.99 Å².